The fourth-order valence-corrected chi connectivity index (χ4v) is 1.03. The Morgan fingerprint density at radius 1 is 1.50 bits per heavy atom. The first kappa shape index (κ1) is 15.1. The van der Waals surface area contributed by atoms with E-state index < -0.39 is 10.4 Å². The second-order valence-corrected chi connectivity index (χ2v) is 4.89. The number of aromatic nitrogens is 2. The van der Waals surface area contributed by atoms with Crippen LogP contribution in [0.25, 0.3) is 0 Å². The van der Waals surface area contributed by atoms with E-state index in [-0.39, 0.29) is 0 Å². The van der Waals surface area contributed by atoms with Gasteiger partial charge in [0.25, 0.3) is 0 Å². The van der Waals surface area contributed by atoms with E-state index in [9.17, 15) is 13.0 Å². The molecule has 0 aliphatic carbocycles. The van der Waals surface area contributed by atoms with Crippen LogP contribution < -0.4 is 4.57 Å². The summed E-state index contributed by atoms with van der Waals surface area (Å²) in [7, 11) is -1.57. The van der Waals surface area contributed by atoms with Crippen molar-refractivity contribution in [1.29, 1.82) is 0 Å². The van der Waals surface area contributed by atoms with Crippen molar-refractivity contribution in [2.75, 3.05) is 7.11 Å². The Morgan fingerprint density at radius 2 is 2.00 bits per heavy atom. The van der Waals surface area contributed by atoms with Gasteiger partial charge in [-0.2, -0.15) is 0 Å². The van der Waals surface area contributed by atoms with Gasteiger partial charge in [-0.25, -0.2) is 17.6 Å². The van der Waals surface area contributed by atoms with Crippen LogP contribution in [0.2, 0.25) is 0 Å². The predicted molar refractivity (Wildman–Crippen MR) is 57.2 cm³/mol. The smallest absolute Gasteiger partial charge is 0.243 e. The molecule has 0 atom stereocenters. The monoisotopic (exact) mass is 250 g/mol. The molecule has 0 aromatic carbocycles. The van der Waals surface area contributed by atoms with E-state index in [4.69, 9.17) is 0 Å². The summed E-state index contributed by atoms with van der Waals surface area (Å²) in [6.45, 7) is 5.56. The number of rotatable bonds is 3. The normalized spacial score (nSPS) is 11.1. The fraction of sp³-hybridized carbons (Fsp3) is 0.667. The molecule has 0 bridgehead atoms. The maximum Gasteiger partial charge on any atom is 0.243 e. The molecule has 1 aromatic rings. The van der Waals surface area contributed by atoms with Crippen LogP contribution in [-0.2, 0) is 28.2 Å². The molecule has 6 nitrogen and oxygen atoms in total. The average Bonchev–Trinajstić information content (AvgIpc) is 2.50. The highest BCUT2D eigenvalue weighted by Crippen LogP contribution is 1.95. The second kappa shape index (κ2) is 6.62. The van der Waals surface area contributed by atoms with Gasteiger partial charge < -0.3 is 4.55 Å². The minimum atomic E-state index is -4.41. The zero-order valence-electron chi connectivity index (χ0n) is 9.95. The number of aryl methyl sites for hydroxylation is 1. The summed E-state index contributed by atoms with van der Waals surface area (Å²) in [5.74, 6) is 0.729. The Labute approximate surface area is 96.4 Å². The maximum absolute atomic E-state index is 9.22. The summed E-state index contributed by atoms with van der Waals surface area (Å²) in [4.78, 5) is 0. The van der Waals surface area contributed by atoms with Gasteiger partial charge in [0.1, 0.15) is 12.4 Å². The van der Waals surface area contributed by atoms with Crippen molar-refractivity contribution in [3.8, 4) is 0 Å². The highest BCUT2D eigenvalue weighted by Gasteiger charge is 2.01. The lowest BCUT2D eigenvalue weighted by Gasteiger charge is -1.98. The SMILES string of the molecule is CC(C)Cn1cc[n+](C)c1.COS(=O)(=O)[O-]. The van der Waals surface area contributed by atoms with Gasteiger partial charge in [0.2, 0.25) is 16.7 Å². The lowest BCUT2D eigenvalue weighted by molar-refractivity contribution is -0.671. The van der Waals surface area contributed by atoms with Gasteiger partial charge in [-0.3, -0.25) is 4.18 Å². The molecule has 0 saturated carbocycles. The van der Waals surface area contributed by atoms with Crippen molar-refractivity contribution < 1.29 is 21.7 Å². The summed E-state index contributed by atoms with van der Waals surface area (Å²) in [6.07, 6.45) is 6.25. The van der Waals surface area contributed by atoms with Crippen LogP contribution in [0.5, 0.6) is 0 Å². The molecule has 7 heteroatoms. The van der Waals surface area contributed by atoms with Crippen LogP contribution in [-0.4, -0.2) is 24.6 Å². The van der Waals surface area contributed by atoms with Crippen molar-refractivity contribution in [2.24, 2.45) is 13.0 Å². The van der Waals surface area contributed by atoms with Crippen molar-refractivity contribution in [3.63, 3.8) is 0 Å². The fourth-order valence-electron chi connectivity index (χ4n) is 1.03. The number of imidazole rings is 1. The summed E-state index contributed by atoms with van der Waals surface area (Å²) < 4.78 is 35.3. The molecule has 0 amide bonds. The highest BCUT2D eigenvalue weighted by atomic mass is 32.3. The van der Waals surface area contributed by atoms with Crippen LogP contribution in [0.15, 0.2) is 18.7 Å². The molecule has 16 heavy (non-hydrogen) atoms. The molecule has 0 fully saturated rings. The standard InChI is InChI=1S/C8H15N2.CH4O4S/c1-8(2)6-10-5-4-9(3)7-10;1-5-6(2,3)4/h4-5,7-8H,6H2,1-3H3;1H3,(H,2,3,4)/q+1;/p-1. The van der Waals surface area contributed by atoms with E-state index in [0.717, 1.165) is 19.6 Å². The molecular weight excluding hydrogens is 232 g/mol. The lowest BCUT2D eigenvalue weighted by atomic mass is 10.2. The first-order chi connectivity index (χ1) is 7.24. The van der Waals surface area contributed by atoms with Gasteiger partial charge in [0.05, 0.1) is 20.7 Å². The van der Waals surface area contributed by atoms with Crippen LogP contribution in [0.1, 0.15) is 13.8 Å². The molecule has 1 rings (SSSR count). The van der Waals surface area contributed by atoms with Gasteiger partial charge in [0, 0.05) is 0 Å². The molecule has 0 aliphatic rings. The molecule has 0 N–H and O–H groups in total. The van der Waals surface area contributed by atoms with Crippen LogP contribution in [0, 0.1) is 5.92 Å². The number of hydrogen-bond acceptors (Lipinski definition) is 4. The Morgan fingerprint density at radius 3 is 2.25 bits per heavy atom. The van der Waals surface area contributed by atoms with Crippen molar-refractivity contribution in [3.05, 3.63) is 18.7 Å². The molecule has 94 valence electrons. The van der Waals surface area contributed by atoms with E-state index in [1.54, 1.807) is 0 Å². The summed E-state index contributed by atoms with van der Waals surface area (Å²) in [5, 5.41) is 0. The number of hydrogen-bond donors (Lipinski definition) is 0. The molecule has 0 aliphatic heterocycles. The largest absolute Gasteiger partial charge is 0.726 e. The zero-order chi connectivity index (χ0) is 12.8. The maximum atomic E-state index is 9.22. The van der Waals surface area contributed by atoms with E-state index in [1.807, 2.05) is 7.05 Å². The Kier molecular flexibility index (Phi) is 6.24. The third-order valence-corrected chi connectivity index (χ3v) is 2.01. The average molecular weight is 250 g/mol. The lowest BCUT2D eigenvalue weighted by Crippen LogP contribution is -2.24. The topological polar surface area (TPSA) is 75.2 Å². The first-order valence-electron chi connectivity index (χ1n) is 4.77. The summed E-state index contributed by atoms with van der Waals surface area (Å²) in [5.41, 5.74) is 0. The molecular formula is C9H18N2O4S. The minimum Gasteiger partial charge on any atom is -0.726 e. The quantitative estimate of drug-likeness (QED) is 0.432. The molecule has 1 heterocycles. The molecule has 0 spiro atoms. The summed E-state index contributed by atoms with van der Waals surface area (Å²) in [6, 6.07) is 0. The molecule has 0 radical (unpaired) electrons. The Balaban J connectivity index is 0.000000325. The first-order valence-corrected chi connectivity index (χ1v) is 6.10. The van der Waals surface area contributed by atoms with E-state index in [1.165, 1.54) is 0 Å². The van der Waals surface area contributed by atoms with Crippen molar-refractivity contribution in [1.82, 2.24) is 4.57 Å². The second-order valence-electron chi connectivity index (χ2n) is 3.74. The van der Waals surface area contributed by atoms with Gasteiger partial charge >= 0.3 is 0 Å². The highest BCUT2D eigenvalue weighted by molar-refractivity contribution is 7.80. The molecule has 0 unspecified atom stereocenters. The van der Waals surface area contributed by atoms with Crippen molar-refractivity contribution in [2.45, 2.75) is 20.4 Å². The van der Waals surface area contributed by atoms with Crippen LogP contribution in [0.3, 0.4) is 0 Å². The predicted octanol–water partition coefficient (Wildman–Crippen LogP) is 0.0616. The van der Waals surface area contributed by atoms with E-state index in [0.29, 0.717) is 0 Å². The van der Waals surface area contributed by atoms with Gasteiger partial charge in [-0.05, 0) is 5.92 Å². The van der Waals surface area contributed by atoms with Crippen LogP contribution in [0.4, 0.5) is 0 Å². The third-order valence-electron chi connectivity index (χ3n) is 1.60. The van der Waals surface area contributed by atoms with Crippen LogP contribution >= 0.6 is 0 Å². The van der Waals surface area contributed by atoms with Gasteiger partial charge in [-0.15, -0.1) is 0 Å². The summed E-state index contributed by atoms with van der Waals surface area (Å²) >= 11 is 0. The van der Waals surface area contributed by atoms with E-state index in [2.05, 4.69) is 45.9 Å². The number of nitrogens with zero attached hydrogens (tertiary/aromatic N) is 2. The Bertz CT molecular complexity index is 397. The van der Waals surface area contributed by atoms with Gasteiger partial charge in [-0.1, -0.05) is 13.8 Å². The van der Waals surface area contributed by atoms with Crippen molar-refractivity contribution >= 4 is 10.4 Å². The Hall–Kier alpha value is -0.920. The van der Waals surface area contributed by atoms with Gasteiger partial charge in [0.15, 0.2) is 0 Å². The van der Waals surface area contributed by atoms with E-state index >= 15 is 0 Å². The zero-order valence-corrected chi connectivity index (χ0v) is 10.8. The molecule has 0 saturated heterocycles. The molecule has 1 aromatic heterocycles. The minimum absolute atomic E-state index is 0.729. The third kappa shape index (κ3) is 8.39.